The van der Waals surface area contributed by atoms with Gasteiger partial charge in [0.1, 0.15) is 5.69 Å². The van der Waals surface area contributed by atoms with Crippen LogP contribution in [0.25, 0.3) is 0 Å². The van der Waals surface area contributed by atoms with Crippen molar-refractivity contribution in [2.75, 3.05) is 5.32 Å². The fraction of sp³-hybridized carbons (Fsp3) is 0.421. The van der Waals surface area contributed by atoms with Crippen molar-refractivity contribution < 1.29 is 4.79 Å². The maximum atomic E-state index is 12.1. The van der Waals surface area contributed by atoms with E-state index in [-0.39, 0.29) is 17.4 Å². The molecule has 0 aliphatic heterocycles. The average molecular weight is 326 g/mol. The third-order valence-electron chi connectivity index (χ3n) is 3.51. The Morgan fingerprint density at radius 2 is 1.71 bits per heavy atom. The standard InChI is InChI=1S/C19H26N4O/c1-12(2)20-17(24)16-11-13(3)21-18(23-16)22-15-9-7-14(8-10-15)19(4,5)6/h7-12H,1-6H3,(H,20,24)(H,21,22,23). The summed E-state index contributed by atoms with van der Waals surface area (Å²) >= 11 is 0. The van der Waals surface area contributed by atoms with Crippen LogP contribution >= 0.6 is 0 Å². The zero-order valence-electron chi connectivity index (χ0n) is 15.3. The second kappa shape index (κ2) is 6.99. The van der Waals surface area contributed by atoms with E-state index >= 15 is 0 Å². The summed E-state index contributed by atoms with van der Waals surface area (Å²) in [7, 11) is 0. The first kappa shape index (κ1) is 17.9. The Bertz CT molecular complexity index is 715. The third kappa shape index (κ3) is 4.78. The van der Waals surface area contributed by atoms with E-state index in [4.69, 9.17) is 0 Å². The molecular formula is C19H26N4O. The molecule has 0 bridgehead atoms. The number of aryl methyl sites for hydroxylation is 1. The van der Waals surface area contributed by atoms with Crippen molar-refractivity contribution in [3.63, 3.8) is 0 Å². The van der Waals surface area contributed by atoms with Gasteiger partial charge in [0, 0.05) is 17.4 Å². The van der Waals surface area contributed by atoms with E-state index in [0.29, 0.717) is 11.6 Å². The number of hydrogen-bond acceptors (Lipinski definition) is 4. The molecule has 5 nitrogen and oxygen atoms in total. The van der Waals surface area contributed by atoms with Crippen molar-refractivity contribution in [2.24, 2.45) is 0 Å². The fourth-order valence-corrected chi connectivity index (χ4v) is 2.26. The van der Waals surface area contributed by atoms with Gasteiger partial charge in [0.25, 0.3) is 5.91 Å². The van der Waals surface area contributed by atoms with Crippen LogP contribution in [0.4, 0.5) is 11.6 Å². The molecule has 24 heavy (non-hydrogen) atoms. The molecule has 2 aromatic rings. The number of nitrogens with zero attached hydrogens (tertiary/aromatic N) is 2. The number of carbonyl (C=O) groups excluding carboxylic acids is 1. The predicted molar refractivity (Wildman–Crippen MR) is 97.8 cm³/mol. The highest BCUT2D eigenvalue weighted by Gasteiger charge is 2.14. The summed E-state index contributed by atoms with van der Waals surface area (Å²) in [6.45, 7) is 12.2. The highest BCUT2D eigenvalue weighted by Crippen LogP contribution is 2.24. The van der Waals surface area contributed by atoms with E-state index in [1.165, 1.54) is 5.56 Å². The summed E-state index contributed by atoms with van der Waals surface area (Å²) in [5.74, 6) is 0.231. The van der Waals surface area contributed by atoms with Crippen LogP contribution in [0.2, 0.25) is 0 Å². The van der Waals surface area contributed by atoms with Gasteiger partial charge >= 0.3 is 0 Å². The van der Waals surface area contributed by atoms with Gasteiger partial charge in [-0.25, -0.2) is 9.97 Å². The lowest BCUT2D eigenvalue weighted by molar-refractivity contribution is 0.0938. The first-order valence-electron chi connectivity index (χ1n) is 8.19. The Kier molecular flexibility index (Phi) is 5.22. The molecule has 1 amide bonds. The van der Waals surface area contributed by atoms with E-state index < -0.39 is 0 Å². The third-order valence-corrected chi connectivity index (χ3v) is 3.51. The molecule has 0 atom stereocenters. The van der Waals surface area contributed by atoms with Gasteiger partial charge in [-0.3, -0.25) is 4.79 Å². The van der Waals surface area contributed by atoms with Crippen molar-refractivity contribution in [3.05, 3.63) is 47.3 Å². The maximum Gasteiger partial charge on any atom is 0.270 e. The van der Waals surface area contributed by atoms with Crippen LogP contribution in [0, 0.1) is 6.92 Å². The normalized spacial score (nSPS) is 11.5. The number of carbonyl (C=O) groups is 1. The molecule has 5 heteroatoms. The molecule has 1 aromatic carbocycles. The lowest BCUT2D eigenvalue weighted by Crippen LogP contribution is -2.31. The van der Waals surface area contributed by atoms with E-state index in [1.54, 1.807) is 6.07 Å². The van der Waals surface area contributed by atoms with Crippen molar-refractivity contribution in [3.8, 4) is 0 Å². The zero-order chi connectivity index (χ0) is 17.9. The van der Waals surface area contributed by atoms with Crippen LogP contribution in [0.3, 0.4) is 0 Å². The molecule has 0 saturated carbocycles. The minimum absolute atomic E-state index is 0.0640. The van der Waals surface area contributed by atoms with E-state index in [2.05, 4.69) is 53.5 Å². The van der Waals surface area contributed by atoms with Crippen LogP contribution < -0.4 is 10.6 Å². The molecule has 128 valence electrons. The Labute approximate surface area is 143 Å². The maximum absolute atomic E-state index is 12.1. The Morgan fingerprint density at radius 1 is 1.08 bits per heavy atom. The van der Waals surface area contributed by atoms with Crippen LogP contribution in [-0.4, -0.2) is 21.9 Å². The molecule has 0 spiro atoms. The molecule has 0 unspecified atom stereocenters. The minimum Gasteiger partial charge on any atom is -0.349 e. The van der Waals surface area contributed by atoms with Gasteiger partial charge in [0.05, 0.1) is 0 Å². The molecule has 0 aliphatic rings. The van der Waals surface area contributed by atoms with Crippen molar-refractivity contribution in [1.82, 2.24) is 15.3 Å². The summed E-state index contributed by atoms with van der Waals surface area (Å²) in [6.07, 6.45) is 0. The number of anilines is 2. The lowest BCUT2D eigenvalue weighted by atomic mass is 9.87. The topological polar surface area (TPSA) is 66.9 Å². The molecule has 0 aliphatic carbocycles. The molecule has 2 N–H and O–H groups in total. The number of aromatic nitrogens is 2. The fourth-order valence-electron chi connectivity index (χ4n) is 2.26. The highest BCUT2D eigenvalue weighted by atomic mass is 16.1. The SMILES string of the molecule is Cc1cc(C(=O)NC(C)C)nc(Nc2ccc(C(C)(C)C)cc2)n1. The summed E-state index contributed by atoms with van der Waals surface area (Å²) in [5.41, 5.74) is 3.37. The zero-order valence-corrected chi connectivity index (χ0v) is 15.3. The van der Waals surface area contributed by atoms with Crippen LogP contribution in [0.1, 0.15) is 56.4 Å². The second-order valence-corrected chi connectivity index (χ2v) is 7.30. The number of rotatable bonds is 4. The predicted octanol–water partition coefficient (Wildman–Crippen LogP) is 3.96. The first-order valence-corrected chi connectivity index (χ1v) is 8.19. The quantitative estimate of drug-likeness (QED) is 0.892. The van der Waals surface area contributed by atoms with Crippen molar-refractivity contribution >= 4 is 17.5 Å². The van der Waals surface area contributed by atoms with Gasteiger partial charge < -0.3 is 10.6 Å². The smallest absolute Gasteiger partial charge is 0.270 e. The molecule has 0 radical (unpaired) electrons. The van der Waals surface area contributed by atoms with E-state index in [9.17, 15) is 4.79 Å². The van der Waals surface area contributed by atoms with Gasteiger partial charge in [0.15, 0.2) is 0 Å². The van der Waals surface area contributed by atoms with Gasteiger partial charge in [-0.1, -0.05) is 32.9 Å². The summed E-state index contributed by atoms with van der Waals surface area (Å²) in [4.78, 5) is 20.8. The van der Waals surface area contributed by atoms with Crippen LogP contribution in [0.5, 0.6) is 0 Å². The largest absolute Gasteiger partial charge is 0.349 e. The highest BCUT2D eigenvalue weighted by molar-refractivity contribution is 5.92. The average Bonchev–Trinajstić information content (AvgIpc) is 2.45. The summed E-state index contributed by atoms with van der Waals surface area (Å²) in [5, 5.41) is 6.01. The number of nitrogens with one attached hydrogen (secondary N) is 2. The first-order chi connectivity index (χ1) is 11.1. The van der Waals surface area contributed by atoms with E-state index in [0.717, 1.165) is 11.4 Å². The Hall–Kier alpha value is -2.43. The van der Waals surface area contributed by atoms with Gasteiger partial charge in [-0.15, -0.1) is 0 Å². The summed E-state index contributed by atoms with van der Waals surface area (Å²) < 4.78 is 0. The van der Waals surface area contributed by atoms with Crippen LogP contribution in [-0.2, 0) is 5.41 Å². The lowest BCUT2D eigenvalue weighted by Gasteiger charge is -2.19. The van der Waals surface area contributed by atoms with Crippen LogP contribution in [0.15, 0.2) is 30.3 Å². The molecular weight excluding hydrogens is 300 g/mol. The molecule has 1 aromatic heterocycles. The number of amides is 1. The second-order valence-electron chi connectivity index (χ2n) is 7.30. The molecule has 0 saturated heterocycles. The molecule has 1 heterocycles. The Morgan fingerprint density at radius 3 is 2.25 bits per heavy atom. The van der Waals surface area contributed by atoms with Gasteiger partial charge in [-0.05, 0) is 49.9 Å². The van der Waals surface area contributed by atoms with Gasteiger partial charge in [0.2, 0.25) is 5.95 Å². The Balaban J connectivity index is 2.20. The monoisotopic (exact) mass is 326 g/mol. The molecule has 0 fully saturated rings. The van der Waals surface area contributed by atoms with Crippen molar-refractivity contribution in [1.29, 1.82) is 0 Å². The minimum atomic E-state index is -0.193. The van der Waals surface area contributed by atoms with E-state index in [1.807, 2.05) is 32.9 Å². The number of benzene rings is 1. The summed E-state index contributed by atoms with van der Waals surface area (Å²) in [6, 6.07) is 9.93. The van der Waals surface area contributed by atoms with Crippen molar-refractivity contribution in [2.45, 2.75) is 53.0 Å². The number of hydrogen-bond donors (Lipinski definition) is 2. The molecule has 2 rings (SSSR count). The van der Waals surface area contributed by atoms with Gasteiger partial charge in [-0.2, -0.15) is 0 Å².